The third kappa shape index (κ3) is 5.43. The van der Waals surface area contributed by atoms with Crippen LogP contribution in [0.15, 0.2) is 18.2 Å². The molecule has 0 aromatic heterocycles. The number of unbranched alkanes of at least 4 members (excludes halogenated alkanes) is 1. The summed E-state index contributed by atoms with van der Waals surface area (Å²) < 4.78 is 10.2. The molecule has 1 aromatic rings. The van der Waals surface area contributed by atoms with Gasteiger partial charge in [0.25, 0.3) is 0 Å². The van der Waals surface area contributed by atoms with E-state index in [1.165, 1.54) is 0 Å². The predicted molar refractivity (Wildman–Crippen MR) is 76.7 cm³/mol. The number of rotatable bonds is 7. The van der Waals surface area contributed by atoms with E-state index in [4.69, 9.17) is 9.47 Å². The zero-order chi connectivity index (χ0) is 15.0. The van der Waals surface area contributed by atoms with Gasteiger partial charge in [-0.05, 0) is 37.5 Å². The van der Waals surface area contributed by atoms with Crippen molar-refractivity contribution in [1.29, 1.82) is 0 Å². The molecule has 1 aromatic carbocycles. The molecule has 0 saturated heterocycles. The van der Waals surface area contributed by atoms with Crippen LogP contribution in [-0.2, 0) is 14.3 Å². The average Bonchev–Trinajstić information content (AvgIpc) is 2.42. The number of hydrogen-bond acceptors (Lipinski definition) is 4. The predicted octanol–water partition coefficient (Wildman–Crippen LogP) is 3.33. The van der Waals surface area contributed by atoms with Crippen LogP contribution in [-0.4, -0.2) is 18.5 Å². The molecule has 20 heavy (non-hydrogen) atoms. The van der Waals surface area contributed by atoms with Crippen LogP contribution in [0.5, 0.6) is 5.75 Å². The molecule has 0 amide bonds. The van der Waals surface area contributed by atoms with Crippen molar-refractivity contribution in [3.05, 3.63) is 29.3 Å². The third-order valence-corrected chi connectivity index (χ3v) is 3.07. The maximum atomic E-state index is 11.7. The van der Waals surface area contributed by atoms with Crippen LogP contribution in [0.3, 0.4) is 0 Å². The van der Waals surface area contributed by atoms with Gasteiger partial charge in [-0.25, -0.2) is 0 Å². The third-order valence-electron chi connectivity index (χ3n) is 3.07. The molecule has 4 heteroatoms. The van der Waals surface area contributed by atoms with Gasteiger partial charge in [-0.15, -0.1) is 0 Å². The first-order valence-corrected chi connectivity index (χ1v) is 6.97. The molecule has 0 fully saturated rings. The molecule has 0 saturated carbocycles. The highest BCUT2D eigenvalue weighted by Gasteiger charge is 2.11. The quantitative estimate of drug-likeness (QED) is 0.436. The number of carbonyl (C=O) groups is 2. The van der Waals surface area contributed by atoms with Crippen molar-refractivity contribution < 1.29 is 19.1 Å². The van der Waals surface area contributed by atoms with E-state index in [0.29, 0.717) is 12.4 Å². The molecule has 4 nitrogen and oxygen atoms in total. The number of benzene rings is 1. The first-order chi connectivity index (χ1) is 9.54. The van der Waals surface area contributed by atoms with E-state index < -0.39 is 5.97 Å². The summed E-state index contributed by atoms with van der Waals surface area (Å²) in [5.41, 5.74) is 2.00. The minimum atomic E-state index is -0.411. The van der Waals surface area contributed by atoms with Crippen LogP contribution in [0.4, 0.5) is 0 Å². The highest BCUT2D eigenvalue weighted by atomic mass is 16.5. The van der Waals surface area contributed by atoms with E-state index in [1.807, 2.05) is 32.9 Å². The summed E-state index contributed by atoms with van der Waals surface area (Å²) >= 11 is 0. The van der Waals surface area contributed by atoms with E-state index in [1.54, 1.807) is 6.07 Å². The topological polar surface area (TPSA) is 52.6 Å². The molecule has 0 radical (unpaired) electrons. The van der Waals surface area contributed by atoms with Crippen LogP contribution in [0, 0.1) is 13.8 Å². The maximum absolute atomic E-state index is 11.7. The van der Waals surface area contributed by atoms with Gasteiger partial charge in [0.2, 0.25) is 0 Å². The van der Waals surface area contributed by atoms with Crippen LogP contribution >= 0.6 is 0 Å². The van der Waals surface area contributed by atoms with Crippen LogP contribution in [0.25, 0.3) is 0 Å². The van der Waals surface area contributed by atoms with Gasteiger partial charge in [-0.2, -0.15) is 0 Å². The molecule has 0 unspecified atom stereocenters. The van der Waals surface area contributed by atoms with Gasteiger partial charge in [0.1, 0.15) is 5.75 Å². The Morgan fingerprint density at radius 3 is 2.50 bits per heavy atom. The molecule has 0 spiro atoms. The van der Waals surface area contributed by atoms with Crippen LogP contribution in [0.2, 0.25) is 0 Å². The van der Waals surface area contributed by atoms with Crippen molar-refractivity contribution in [3.63, 3.8) is 0 Å². The number of hydrogen-bond donors (Lipinski definition) is 0. The van der Waals surface area contributed by atoms with Gasteiger partial charge in [0.05, 0.1) is 19.4 Å². The Kier molecular flexibility index (Phi) is 6.77. The SMILES string of the molecule is CCCCOC(=O)CCC(=O)Oc1cccc(C)c1C. The second kappa shape index (κ2) is 8.35. The second-order valence-electron chi connectivity index (χ2n) is 4.75. The lowest BCUT2D eigenvalue weighted by molar-refractivity contribution is -0.147. The lowest BCUT2D eigenvalue weighted by Crippen LogP contribution is -2.13. The summed E-state index contributed by atoms with van der Waals surface area (Å²) in [5.74, 6) is -0.211. The van der Waals surface area contributed by atoms with Crippen molar-refractivity contribution >= 4 is 11.9 Å². The molecular formula is C16H22O4. The zero-order valence-corrected chi connectivity index (χ0v) is 12.4. The summed E-state index contributed by atoms with van der Waals surface area (Å²) in [6.07, 6.45) is 1.92. The summed E-state index contributed by atoms with van der Waals surface area (Å²) in [6.45, 7) is 6.30. The van der Waals surface area contributed by atoms with Crippen molar-refractivity contribution in [1.82, 2.24) is 0 Å². The fourth-order valence-corrected chi connectivity index (χ4v) is 1.62. The normalized spacial score (nSPS) is 10.2. The minimum absolute atomic E-state index is 0.0400. The summed E-state index contributed by atoms with van der Waals surface area (Å²) in [5, 5.41) is 0. The van der Waals surface area contributed by atoms with Gasteiger partial charge in [-0.3, -0.25) is 9.59 Å². The number of carbonyl (C=O) groups excluding carboxylic acids is 2. The molecule has 0 heterocycles. The van der Waals surface area contributed by atoms with Crippen molar-refractivity contribution in [3.8, 4) is 5.75 Å². The van der Waals surface area contributed by atoms with Gasteiger partial charge in [-0.1, -0.05) is 25.5 Å². The van der Waals surface area contributed by atoms with Crippen molar-refractivity contribution in [2.24, 2.45) is 0 Å². The minimum Gasteiger partial charge on any atom is -0.466 e. The largest absolute Gasteiger partial charge is 0.466 e. The molecule has 0 aliphatic heterocycles. The average molecular weight is 278 g/mol. The Hall–Kier alpha value is -1.84. The van der Waals surface area contributed by atoms with Crippen molar-refractivity contribution in [2.45, 2.75) is 46.5 Å². The van der Waals surface area contributed by atoms with E-state index >= 15 is 0 Å². The number of esters is 2. The monoisotopic (exact) mass is 278 g/mol. The summed E-state index contributed by atoms with van der Waals surface area (Å²) in [6, 6.07) is 5.54. The zero-order valence-electron chi connectivity index (χ0n) is 12.4. The number of aryl methyl sites for hydroxylation is 1. The molecule has 110 valence electrons. The Morgan fingerprint density at radius 1 is 1.10 bits per heavy atom. The fraction of sp³-hybridized carbons (Fsp3) is 0.500. The van der Waals surface area contributed by atoms with E-state index in [-0.39, 0.29) is 18.8 Å². The van der Waals surface area contributed by atoms with Crippen molar-refractivity contribution in [2.75, 3.05) is 6.61 Å². The fourth-order valence-electron chi connectivity index (χ4n) is 1.62. The van der Waals surface area contributed by atoms with E-state index in [9.17, 15) is 9.59 Å². The smallest absolute Gasteiger partial charge is 0.311 e. The van der Waals surface area contributed by atoms with E-state index in [0.717, 1.165) is 24.0 Å². The van der Waals surface area contributed by atoms with Crippen LogP contribution in [0.1, 0.15) is 43.7 Å². The molecule has 0 atom stereocenters. The second-order valence-corrected chi connectivity index (χ2v) is 4.75. The molecule has 1 rings (SSSR count). The highest BCUT2D eigenvalue weighted by molar-refractivity contribution is 5.79. The molecule has 0 bridgehead atoms. The van der Waals surface area contributed by atoms with Crippen LogP contribution < -0.4 is 4.74 Å². The van der Waals surface area contributed by atoms with Gasteiger partial charge < -0.3 is 9.47 Å². The Morgan fingerprint density at radius 2 is 1.80 bits per heavy atom. The Labute approximate surface area is 120 Å². The molecule has 0 aliphatic carbocycles. The summed E-state index contributed by atoms with van der Waals surface area (Å²) in [4.78, 5) is 23.0. The molecular weight excluding hydrogens is 256 g/mol. The lowest BCUT2D eigenvalue weighted by Gasteiger charge is -2.09. The molecule has 0 N–H and O–H groups in total. The number of ether oxygens (including phenoxy) is 2. The Balaban J connectivity index is 2.37. The highest BCUT2D eigenvalue weighted by Crippen LogP contribution is 2.21. The standard InChI is InChI=1S/C16H22O4/c1-4-5-11-19-15(17)9-10-16(18)20-14-8-6-7-12(2)13(14)3/h6-8H,4-5,9-11H2,1-3H3. The first-order valence-electron chi connectivity index (χ1n) is 6.97. The lowest BCUT2D eigenvalue weighted by atomic mass is 10.1. The van der Waals surface area contributed by atoms with E-state index in [2.05, 4.69) is 0 Å². The molecule has 0 aliphatic rings. The van der Waals surface area contributed by atoms with Gasteiger partial charge in [0.15, 0.2) is 0 Å². The maximum Gasteiger partial charge on any atom is 0.311 e. The summed E-state index contributed by atoms with van der Waals surface area (Å²) in [7, 11) is 0. The van der Waals surface area contributed by atoms with Gasteiger partial charge in [0, 0.05) is 0 Å². The van der Waals surface area contributed by atoms with Gasteiger partial charge >= 0.3 is 11.9 Å². The first kappa shape index (κ1) is 16.2. The Bertz CT molecular complexity index is 466.